The first-order valence-electron chi connectivity index (χ1n) is 7.99. The van der Waals surface area contributed by atoms with Crippen LogP contribution >= 0.6 is 0 Å². The van der Waals surface area contributed by atoms with Crippen LogP contribution in [0.15, 0.2) is 24.3 Å². The van der Waals surface area contributed by atoms with E-state index in [1.165, 1.54) is 32.1 Å². The number of rotatable bonds is 7. The van der Waals surface area contributed by atoms with E-state index < -0.39 is 0 Å². The van der Waals surface area contributed by atoms with Gasteiger partial charge < -0.3 is 15.7 Å². The molecule has 1 fully saturated rings. The van der Waals surface area contributed by atoms with Gasteiger partial charge in [0, 0.05) is 26.1 Å². The van der Waals surface area contributed by atoms with Gasteiger partial charge in [-0.05, 0) is 36.5 Å². The SMILES string of the molecule is O=C(CC1CCCCC1)NCCNCc1cccc(O)c1. The smallest absolute Gasteiger partial charge is 0.220 e. The fourth-order valence-corrected chi connectivity index (χ4v) is 2.92. The van der Waals surface area contributed by atoms with E-state index in [2.05, 4.69) is 10.6 Å². The maximum atomic E-state index is 11.8. The second-order valence-corrected chi connectivity index (χ2v) is 5.90. The van der Waals surface area contributed by atoms with Gasteiger partial charge in [0.2, 0.25) is 5.91 Å². The van der Waals surface area contributed by atoms with E-state index in [9.17, 15) is 9.90 Å². The lowest BCUT2D eigenvalue weighted by Gasteiger charge is -2.20. The molecule has 1 amide bonds. The van der Waals surface area contributed by atoms with Crippen molar-refractivity contribution < 1.29 is 9.90 Å². The van der Waals surface area contributed by atoms with Gasteiger partial charge in [-0.25, -0.2) is 0 Å². The van der Waals surface area contributed by atoms with Crippen LogP contribution in [0.5, 0.6) is 5.75 Å². The van der Waals surface area contributed by atoms with Gasteiger partial charge in [-0.2, -0.15) is 0 Å². The molecule has 1 aromatic rings. The molecule has 2 rings (SSSR count). The standard InChI is InChI=1S/C17H26N2O2/c20-16-8-4-7-15(11-16)13-18-9-10-19-17(21)12-14-5-2-1-3-6-14/h4,7-8,11,14,18,20H,1-3,5-6,9-10,12-13H2,(H,19,21). The van der Waals surface area contributed by atoms with Crippen molar-refractivity contribution in [2.45, 2.75) is 45.1 Å². The third-order valence-electron chi connectivity index (χ3n) is 4.06. The Morgan fingerprint density at radius 2 is 2.00 bits per heavy atom. The summed E-state index contributed by atoms with van der Waals surface area (Å²) in [5.41, 5.74) is 1.04. The Balaban J connectivity index is 1.53. The highest BCUT2D eigenvalue weighted by molar-refractivity contribution is 5.76. The molecule has 0 aromatic heterocycles. The number of amides is 1. The number of carbonyl (C=O) groups is 1. The summed E-state index contributed by atoms with van der Waals surface area (Å²) in [5.74, 6) is 1.06. The zero-order valence-corrected chi connectivity index (χ0v) is 12.6. The molecule has 0 unspecified atom stereocenters. The van der Waals surface area contributed by atoms with Crippen molar-refractivity contribution in [1.29, 1.82) is 0 Å². The summed E-state index contributed by atoms with van der Waals surface area (Å²) in [6, 6.07) is 7.20. The molecule has 116 valence electrons. The molecule has 21 heavy (non-hydrogen) atoms. The zero-order valence-electron chi connectivity index (χ0n) is 12.6. The van der Waals surface area contributed by atoms with Crippen LogP contribution < -0.4 is 10.6 Å². The van der Waals surface area contributed by atoms with E-state index in [0.717, 1.165) is 12.1 Å². The van der Waals surface area contributed by atoms with E-state index in [-0.39, 0.29) is 11.7 Å². The van der Waals surface area contributed by atoms with Crippen LogP contribution in [0.1, 0.15) is 44.1 Å². The number of nitrogens with one attached hydrogen (secondary N) is 2. The van der Waals surface area contributed by atoms with Crippen LogP contribution in [0.2, 0.25) is 0 Å². The molecule has 1 aromatic carbocycles. The molecule has 0 spiro atoms. The minimum absolute atomic E-state index is 0.182. The maximum Gasteiger partial charge on any atom is 0.220 e. The Morgan fingerprint density at radius 3 is 2.76 bits per heavy atom. The molecular weight excluding hydrogens is 264 g/mol. The van der Waals surface area contributed by atoms with Crippen molar-refractivity contribution >= 4 is 5.91 Å². The van der Waals surface area contributed by atoms with E-state index in [1.54, 1.807) is 12.1 Å². The number of phenols is 1. The molecular formula is C17H26N2O2. The third-order valence-corrected chi connectivity index (χ3v) is 4.06. The monoisotopic (exact) mass is 290 g/mol. The quantitative estimate of drug-likeness (QED) is 0.676. The first-order valence-corrected chi connectivity index (χ1v) is 7.99. The average molecular weight is 290 g/mol. The fraction of sp³-hybridized carbons (Fsp3) is 0.588. The summed E-state index contributed by atoms with van der Waals surface area (Å²) in [5, 5.41) is 15.6. The van der Waals surface area contributed by atoms with Crippen molar-refractivity contribution in [2.24, 2.45) is 5.92 Å². The molecule has 1 aliphatic carbocycles. The van der Waals surface area contributed by atoms with Gasteiger partial charge in [0.1, 0.15) is 5.75 Å². The molecule has 0 bridgehead atoms. The lowest BCUT2D eigenvalue weighted by molar-refractivity contribution is -0.122. The van der Waals surface area contributed by atoms with Gasteiger partial charge >= 0.3 is 0 Å². The number of carbonyl (C=O) groups excluding carboxylic acids is 1. The number of hydrogen-bond donors (Lipinski definition) is 3. The van der Waals surface area contributed by atoms with Crippen LogP contribution in [-0.4, -0.2) is 24.1 Å². The van der Waals surface area contributed by atoms with E-state index in [0.29, 0.717) is 25.4 Å². The van der Waals surface area contributed by atoms with Crippen LogP contribution in [0.25, 0.3) is 0 Å². The van der Waals surface area contributed by atoms with Gasteiger partial charge in [0.25, 0.3) is 0 Å². The highest BCUT2D eigenvalue weighted by atomic mass is 16.3. The Morgan fingerprint density at radius 1 is 1.19 bits per heavy atom. The summed E-state index contributed by atoms with van der Waals surface area (Å²) in [7, 11) is 0. The second-order valence-electron chi connectivity index (χ2n) is 5.90. The topological polar surface area (TPSA) is 61.4 Å². The van der Waals surface area contributed by atoms with Gasteiger partial charge in [-0.1, -0.05) is 31.4 Å². The number of benzene rings is 1. The minimum Gasteiger partial charge on any atom is -0.508 e. The van der Waals surface area contributed by atoms with Crippen molar-refractivity contribution in [3.63, 3.8) is 0 Å². The molecule has 4 heteroatoms. The van der Waals surface area contributed by atoms with E-state index >= 15 is 0 Å². The molecule has 0 radical (unpaired) electrons. The Labute approximate surface area is 126 Å². The summed E-state index contributed by atoms with van der Waals surface area (Å²) < 4.78 is 0. The van der Waals surface area contributed by atoms with Crippen molar-refractivity contribution in [3.8, 4) is 5.75 Å². The lowest BCUT2D eigenvalue weighted by atomic mass is 9.87. The fourth-order valence-electron chi connectivity index (χ4n) is 2.92. The van der Waals surface area contributed by atoms with E-state index in [1.807, 2.05) is 12.1 Å². The lowest BCUT2D eigenvalue weighted by Crippen LogP contribution is -2.32. The Kier molecular flexibility index (Phi) is 6.54. The summed E-state index contributed by atoms with van der Waals surface area (Å²) in [6.07, 6.45) is 7.00. The first kappa shape index (κ1) is 15.8. The van der Waals surface area contributed by atoms with Crippen molar-refractivity contribution in [1.82, 2.24) is 10.6 Å². The molecule has 1 saturated carbocycles. The highest BCUT2D eigenvalue weighted by Crippen LogP contribution is 2.25. The largest absolute Gasteiger partial charge is 0.508 e. The van der Waals surface area contributed by atoms with Gasteiger partial charge in [0.15, 0.2) is 0 Å². The number of hydrogen-bond acceptors (Lipinski definition) is 3. The van der Waals surface area contributed by atoms with Crippen LogP contribution in [0.4, 0.5) is 0 Å². The normalized spacial score (nSPS) is 15.8. The molecule has 4 nitrogen and oxygen atoms in total. The molecule has 0 aliphatic heterocycles. The Bertz CT molecular complexity index is 442. The summed E-state index contributed by atoms with van der Waals surface area (Å²) >= 11 is 0. The van der Waals surface area contributed by atoms with Crippen molar-refractivity contribution in [2.75, 3.05) is 13.1 Å². The molecule has 3 N–H and O–H groups in total. The molecule has 0 atom stereocenters. The van der Waals surface area contributed by atoms with Gasteiger partial charge in [0.05, 0.1) is 0 Å². The predicted octanol–water partition coefficient (Wildman–Crippen LogP) is 2.57. The molecule has 0 heterocycles. The maximum absolute atomic E-state index is 11.8. The number of phenolic OH excluding ortho intramolecular Hbond substituents is 1. The van der Waals surface area contributed by atoms with Gasteiger partial charge in [-0.3, -0.25) is 4.79 Å². The Hall–Kier alpha value is -1.55. The average Bonchev–Trinajstić information content (AvgIpc) is 2.48. The minimum atomic E-state index is 0.182. The highest BCUT2D eigenvalue weighted by Gasteiger charge is 2.16. The first-order chi connectivity index (χ1) is 10.2. The summed E-state index contributed by atoms with van der Waals surface area (Å²) in [4.78, 5) is 11.8. The predicted molar refractivity (Wildman–Crippen MR) is 84.0 cm³/mol. The van der Waals surface area contributed by atoms with Crippen LogP contribution in [0, 0.1) is 5.92 Å². The van der Waals surface area contributed by atoms with Gasteiger partial charge in [-0.15, -0.1) is 0 Å². The third kappa shape index (κ3) is 6.17. The van der Waals surface area contributed by atoms with E-state index in [4.69, 9.17) is 0 Å². The zero-order chi connectivity index (χ0) is 14.9. The second kappa shape index (κ2) is 8.67. The van der Waals surface area contributed by atoms with Crippen LogP contribution in [-0.2, 0) is 11.3 Å². The van der Waals surface area contributed by atoms with Crippen molar-refractivity contribution in [3.05, 3.63) is 29.8 Å². The summed E-state index contributed by atoms with van der Waals surface area (Å²) in [6.45, 7) is 2.10. The van der Waals surface area contributed by atoms with Crippen LogP contribution in [0.3, 0.4) is 0 Å². The number of aromatic hydroxyl groups is 1. The molecule has 1 aliphatic rings. The molecule has 0 saturated heterocycles.